The van der Waals surface area contributed by atoms with Gasteiger partial charge in [-0.1, -0.05) is 0 Å². The van der Waals surface area contributed by atoms with Gasteiger partial charge in [-0.3, -0.25) is 24.0 Å². The number of piperidine rings is 2. The van der Waals surface area contributed by atoms with E-state index in [2.05, 4.69) is 16.1 Å². The van der Waals surface area contributed by atoms with Crippen molar-refractivity contribution < 1.29 is 39.0 Å². The van der Waals surface area contributed by atoms with Crippen LogP contribution in [0.4, 0.5) is 0 Å². The second kappa shape index (κ2) is 15.1. The van der Waals surface area contributed by atoms with Crippen LogP contribution in [0.3, 0.4) is 0 Å². The number of likely N-dealkylation sites (tertiary alicyclic amines) is 1. The van der Waals surface area contributed by atoms with Crippen LogP contribution in [0.5, 0.6) is 0 Å². The lowest BCUT2D eigenvalue weighted by Gasteiger charge is -2.35. The Morgan fingerprint density at radius 1 is 0.950 bits per heavy atom. The van der Waals surface area contributed by atoms with Gasteiger partial charge in [0, 0.05) is 31.6 Å². The molecule has 218 valence electrons. The Bertz CT molecular complexity index is 1090. The predicted molar refractivity (Wildman–Crippen MR) is 142 cm³/mol. The molecule has 1 aromatic rings. The quantitative estimate of drug-likeness (QED) is 0.225. The minimum atomic E-state index is -1.14. The number of benzene rings is 1. The molecule has 0 bridgehead atoms. The third-order valence-corrected chi connectivity index (χ3v) is 7.22. The minimum absolute atomic E-state index is 0.00155. The Morgan fingerprint density at radius 3 is 2.27 bits per heavy atom. The van der Waals surface area contributed by atoms with E-state index < -0.39 is 42.1 Å². The van der Waals surface area contributed by atoms with E-state index in [0.717, 1.165) is 37.4 Å². The number of aromatic carboxylic acids is 1. The van der Waals surface area contributed by atoms with Crippen LogP contribution in [-0.2, 0) is 19.2 Å². The summed E-state index contributed by atoms with van der Waals surface area (Å²) < 4.78 is 0. The summed E-state index contributed by atoms with van der Waals surface area (Å²) in [6.45, 7) is 1.85. The molecule has 2 aliphatic heterocycles. The Balaban J connectivity index is 1.59. The van der Waals surface area contributed by atoms with Crippen molar-refractivity contribution in [2.75, 3.05) is 39.3 Å². The predicted octanol–water partition coefficient (Wildman–Crippen LogP) is 0.468. The number of amides is 4. The maximum atomic E-state index is 13.4. The topological polar surface area (TPSA) is 185 Å². The first-order valence-corrected chi connectivity index (χ1v) is 13.6. The molecule has 1 aromatic carbocycles. The van der Waals surface area contributed by atoms with Gasteiger partial charge in [-0.25, -0.2) is 15.2 Å². The van der Waals surface area contributed by atoms with Crippen molar-refractivity contribution in [3.63, 3.8) is 0 Å². The molecule has 40 heavy (non-hydrogen) atoms. The minimum Gasteiger partial charge on any atom is -0.481 e. The Morgan fingerprint density at radius 2 is 1.62 bits per heavy atom. The average Bonchev–Trinajstić information content (AvgIpc) is 2.96. The van der Waals surface area contributed by atoms with Crippen LogP contribution in [0.1, 0.15) is 65.7 Å². The van der Waals surface area contributed by atoms with E-state index in [-0.39, 0.29) is 36.5 Å². The van der Waals surface area contributed by atoms with Crippen LogP contribution in [0.25, 0.3) is 0 Å². The van der Waals surface area contributed by atoms with Crippen molar-refractivity contribution in [3.05, 3.63) is 35.4 Å². The van der Waals surface area contributed by atoms with Crippen LogP contribution in [0, 0.1) is 11.8 Å². The summed E-state index contributed by atoms with van der Waals surface area (Å²) in [4.78, 5) is 75.4. The number of hydrazine groups is 1. The smallest absolute Gasteiger partial charge is 0.335 e. The highest BCUT2D eigenvalue weighted by molar-refractivity contribution is 6.01. The van der Waals surface area contributed by atoms with Gasteiger partial charge >= 0.3 is 11.9 Å². The van der Waals surface area contributed by atoms with E-state index in [9.17, 15) is 28.8 Å². The van der Waals surface area contributed by atoms with E-state index in [1.165, 1.54) is 24.3 Å². The summed E-state index contributed by atoms with van der Waals surface area (Å²) in [5.74, 6) is -4.46. The summed E-state index contributed by atoms with van der Waals surface area (Å²) in [6.07, 6.45) is 4.00. The summed E-state index contributed by atoms with van der Waals surface area (Å²) in [5, 5.41) is 24.4. The zero-order chi connectivity index (χ0) is 29.1. The highest BCUT2D eigenvalue weighted by atomic mass is 16.4. The number of hydrogen-bond acceptors (Lipinski definition) is 8. The number of aliphatic carboxylic acids is 1. The van der Waals surface area contributed by atoms with Gasteiger partial charge in [-0.2, -0.15) is 0 Å². The normalized spacial score (nSPS) is 17.6. The zero-order valence-electron chi connectivity index (χ0n) is 22.4. The number of rotatable bonds is 12. The van der Waals surface area contributed by atoms with Gasteiger partial charge in [0.2, 0.25) is 11.8 Å². The van der Waals surface area contributed by atoms with Gasteiger partial charge in [0.05, 0.1) is 24.4 Å². The van der Waals surface area contributed by atoms with E-state index in [1.807, 2.05) is 0 Å². The molecule has 5 N–H and O–H groups in total. The Kier molecular flexibility index (Phi) is 11.6. The number of carbonyl (C=O) groups excluding carboxylic acids is 4. The molecule has 0 unspecified atom stereocenters. The molecule has 2 saturated heterocycles. The lowest BCUT2D eigenvalue weighted by molar-refractivity contribution is -0.153. The Hall–Kier alpha value is -3.84. The molecule has 0 aromatic heterocycles. The molecule has 2 heterocycles. The van der Waals surface area contributed by atoms with Crippen LogP contribution in [-0.4, -0.2) is 95.0 Å². The maximum Gasteiger partial charge on any atom is 0.335 e. The third kappa shape index (κ3) is 9.12. The number of carboxylic acid groups (broad SMARTS) is 2. The summed E-state index contributed by atoms with van der Waals surface area (Å²) in [7, 11) is 0. The molecule has 0 spiro atoms. The molecule has 13 nitrogen and oxygen atoms in total. The molecule has 4 amide bonds. The van der Waals surface area contributed by atoms with E-state index >= 15 is 0 Å². The SMILES string of the molecule is O=C(O)CCNN(C(=O)CNC(=O)c1ccc(C(=O)O)cc1)C(=O)[C@@H]1CCCN(C(=O)CCC2CCNCC2)C1. The second-order valence-electron chi connectivity index (χ2n) is 10.1. The number of carboxylic acids is 2. The first-order chi connectivity index (χ1) is 19.2. The molecule has 2 aliphatic rings. The molecule has 3 rings (SSSR count). The largest absolute Gasteiger partial charge is 0.481 e. The van der Waals surface area contributed by atoms with Gasteiger partial charge in [0.1, 0.15) is 0 Å². The van der Waals surface area contributed by atoms with Crippen molar-refractivity contribution >= 4 is 35.6 Å². The molecular formula is C27H37N5O8. The van der Waals surface area contributed by atoms with E-state index in [4.69, 9.17) is 10.2 Å². The highest BCUT2D eigenvalue weighted by Gasteiger charge is 2.34. The number of imide groups is 1. The average molecular weight is 560 g/mol. The van der Waals surface area contributed by atoms with Gasteiger partial charge in [0.15, 0.2) is 0 Å². The van der Waals surface area contributed by atoms with Gasteiger partial charge in [-0.15, -0.1) is 0 Å². The number of hydrogen-bond donors (Lipinski definition) is 5. The first-order valence-electron chi connectivity index (χ1n) is 13.6. The van der Waals surface area contributed by atoms with Gasteiger partial charge in [0.25, 0.3) is 11.8 Å². The van der Waals surface area contributed by atoms with E-state index in [0.29, 0.717) is 31.7 Å². The molecular weight excluding hydrogens is 522 g/mol. The van der Waals surface area contributed by atoms with Crippen molar-refractivity contribution in [1.29, 1.82) is 0 Å². The lowest BCUT2D eigenvalue weighted by Crippen LogP contribution is -2.55. The fraction of sp³-hybridized carbons (Fsp3) is 0.556. The number of nitrogens with one attached hydrogen (secondary N) is 3. The number of carbonyl (C=O) groups is 6. The maximum absolute atomic E-state index is 13.4. The summed E-state index contributed by atoms with van der Waals surface area (Å²) in [5.41, 5.74) is 2.69. The van der Waals surface area contributed by atoms with Crippen molar-refractivity contribution in [1.82, 2.24) is 26.0 Å². The molecule has 0 saturated carbocycles. The van der Waals surface area contributed by atoms with Crippen molar-refractivity contribution in [3.8, 4) is 0 Å². The lowest BCUT2D eigenvalue weighted by atomic mass is 9.92. The number of nitrogens with zero attached hydrogens (tertiary/aromatic N) is 2. The Labute approximate surface area is 232 Å². The van der Waals surface area contributed by atoms with Gasteiger partial charge in [-0.05, 0) is 75.4 Å². The molecule has 0 radical (unpaired) electrons. The standard InChI is InChI=1S/C27H37N5O8/c33-22(8-3-18-9-12-28-13-10-18)31-15-1-2-21(17-31)26(38)32(30-14-11-24(35)36)23(34)16-29-25(37)19-4-6-20(7-5-19)27(39)40/h4-7,18,21,28,30H,1-3,8-17H2,(H,29,37)(H,35,36)(H,39,40)/t21-/m1/s1. The summed E-state index contributed by atoms with van der Waals surface area (Å²) >= 11 is 0. The highest BCUT2D eigenvalue weighted by Crippen LogP contribution is 2.22. The molecule has 2 fully saturated rings. The van der Waals surface area contributed by atoms with Crippen LogP contribution in [0.2, 0.25) is 0 Å². The van der Waals surface area contributed by atoms with Gasteiger partial charge < -0.3 is 25.7 Å². The van der Waals surface area contributed by atoms with Crippen LogP contribution >= 0.6 is 0 Å². The molecule has 1 atom stereocenters. The summed E-state index contributed by atoms with van der Waals surface area (Å²) in [6, 6.07) is 5.11. The second-order valence-corrected chi connectivity index (χ2v) is 10.1. The fourth-order valence-electron chi connectivity index (χ4n) is 4.91. The van der Waals surface area contributed by atoms with Crippen molar-refractivity contribution in [2.45, 2.75) is 44.9 Å². The molecule has 0 aliphatic carbocycles. The monoisotopic (exact) mass is 559 g/mol. The third-order valence-electron chi connectivity index (χ3n) is 7.22. The van der Waals surface area contributed by atoms with E-state index in [1.54, 1.807) is 4.90 Å². The first kappa shape index (κ1) is 30.7. The van der Waals surface area contributed by atoms with Crippen LogP contribution in [0.15, 0.2) is 24.3 Å². The van der Waals surface area contributed by atoms with Crippen molar-refractivity contribution in [2.24, 2.45) is 11.8 Å². The van der Waals surface area contributed by atoms with Crippen LogP contribution < -0.4 is 16.1 Å². The zero-order valence-corrected chi connectivity index (χ0v) is 22.4. The molecule has 13 heteroatoms. The fourth-order valence-corrected chi connectivity index (χ4v) is 4.91.